The van der Waals surface area contributed by atoms with Crippen molar-refractivity contribution in [3.8, 4) is 0 Å². The third kappa shape index (κ3) is 2.79. The van der Waals surface area contributed by atoms with Crippen LogP contribution >= 0.6 is 0 Å². The third-order valence-corrected chi connectivity index (χ3v) is 2.49. The van der Waals surface area contributed by atoms with E-state index in [2.05, 4.69) is 15.2 Å². The first-order valence-electron chi connectivity index (χ1n) is 5.76. The topological polar surface area (TPSA) is 70.7 Å². The quantitative estimate of drug-likeness (QED) is 0.851. The Morgan fingerprint density at radius 1 is 1.30 bits per heavy atom. The van der Waals surface area contributed by atoms with Crippen LogP contribution < -0.4 is 5.32 Å². The summed E-state index contributed by atoms with van der Waals surface area (Å²) in [7, 11) is 0. The minimum atomic E-state index is -1.39. The van der Waals surface area contributed by atoms with Crippen molar-refractivity contribution in [3.63, 3.8) is 0 Å². The molecule has 0 saturated heterocycles. The van der Waals surface area contributed by atoms with Crippen molar-refractivity contribution in [2.75, 3.05) is 5.32 Å². The highest BCUT2D eigenvalue weighted by molar-refractivity contribution is 6.01. The normalized spacial score (nSPS) is 10.9. The summed E-state index contributed by atoms with van der Waals surface area (Å²) in [5, 5.41) is 8.22. The molecule has 1 amide bonds. The molecule has 0 fully saturated rings. The van der Waals surface area contributed by atoms with E-state index >= 15 is 0 Å². The van der Waals surface area contributed by atoms with Crippen molar-refractivity contribution in [3.05, 3.63) is 41.2 Å². The lowest BCUT2D eigenvalue weighted by Crippen LogP contribution is -2.15. The van der Waals surface area contributed by atoms with Gasteiger partial charge in [0.05, 0.1) is 5.69 Å². The zero-order valence-electron chi connectivity index (χ0n) is 10.7. The number of carbonyl (C=O) groups is 1. The van der Waals surface area contributed by atoms with Gasteiger partial charge in [-0.05, 0) is 0 Å². The monoisotopic (exact) mass is 284 g/mol. The largest absolute Gasteiger partial charge is 0.316 e. The molecule has 0 aliphatic heterocycles. The number of nitrogens with one attached hydrogen (secondary N) is 2. The summed E-state index contributed by atoms with van der Waals surface area (Å²) in [6, 6.07) is 1.06. The predicted octanol–water partition coefficient (Wildman–Crippen LogP) is 2.60. The summed E-state index contributed by atoms with van der Waals surface area (Å²) >= 11 is 0. The first-order chi connectivity index (χ1) is 9.38. The molecule has 0 aliphatic carbocycles. The Bertz CT molecular complexity index is 654. The number of halogens is 3. The van der Waals surface area contributed by atoms with Gasteiger partial charge in [0, 0.05) is 18.1 Å². The van der Waals surface area contributed by atoms with Crippen LogP contribution in [0.15, 0.2) is 12.1 Å². The summed E-state index contributed by atoms with van der Waals surface area (Å²) in [4.78, 5) is 15.6. The number of rotatable bonds is 3. The molecule has 106 valence electrons. The Balaban J connectivity index is 2.23. The standard InChI is InChI=1S/C12H11F3N4O/c1-5(2)10-17-11(19-18-10)12(20)16-8-4-6(13)3-7(14)9(8)15/h3-5H,1-2H3,(H,16,20)(H,17,18,19). The van der Waals surface area contributed by atoms with Crippen molar-refractivity contribution in [1.29, 1.82) is 0 Å². The second kappa shape index (κ2) is 5.32. The molecule has 0 spiro atoms. The average molecular weight is 284 g/mol. The van der Waals surface area contributed by atoms with E-state index in [1.54, 1.807) is 0 Å². The van der Waals surface area contributed by atoms with Gasteiger partial charge in [-0.25, -0.2) is 18.2 Å². The molecule has 8 heteroatoms. The highest BCUT2D eigenvalue weighted by atomic mass is 19.2. The lowest BCUT2D eigenvalue weighted by atomic mass is 10.2. The van der Waals surface area contributed by atoms with Gasteiger partial charge in [-0.1, -0.05) is 13.8 Å². The summed E-state index contributed by atoms with van der Waals surface area (Å²) in [5.74, 6) is -4.35. The van der Waals surface area contributed by atoms with Crippen LogP contribution in [0.4, 0.5) is 18.9 Å². The number of anilines is 1. The fourth-order valence-corrected chi connectivity index (χ4v) is 1.46. The number of H-pyrrole nitrogens is 1. The van der Waals surface area contributed by atoms with Gasteiger partial charge in [-0.2, -0.15) is 0 Å². The summed E-state index contributed by atoms with van der Waals surface area (Å²) in [6.45, 7) is 3.67. The fraction of sp³-hybridized carbons (Fsp3) is 0.250. The summed E-state index contributed by atoms with van der Waals surface area (Å²) in [6.07, 6.45) is 0. The van der Waals surface area contributed by atoms with E-state index in [9.17, 15) is 18.0 Å². The number of aromatic nitrogens is 3. The molecule has 0 atom stereocenters. The summed E-state index contributed by atoms with van der Waals surface area (Å²) in [5.41, 5.74) is -0.608. The third-order valence-electron chi connectivity index (χ3n) is 2.49. The van der Waals surface area contributed by atoms with E-state index in [0.29, 0.717) is 18.0 Å². The van der Waals surface area contributed by atoms with Gasteiger partial charge < -0.3 is 5.32 Å². The maximum atomic E-state index is 13.4. The van der Waals surface area contributed by atoms with E-state index < -0.39 is 29.0 Å². The molecule has 1 aromatic carbocycles. The molecule has 2 aromatic rings. The number of aromatic amines is 1. The molecule has 20 heavy (non-hydrogen) atoms. The lowest BCUT2D eigenvalue weighted by molar-refractivity contribution is 0.101. The van der Waals surface area contributed by atoms with Crippen LogP contribution in [0, 0.1) is 17.5 Å². The molecular formula is C12H11F3N4O. The Labute approximate surface area is 112 Å². The highest BCUT2D eigenvalue weighted by Crippen LogP contribution is 2.19. The molecule has 0 aliphatic rings. The fourth-order valence-electron chi connectivity index (χ4n) is 1.46. The lowest BCUT2D eigenvalue weighted by Gasteiger charge is -2.05. The molecule has 1 heterocycles. The van der Waals surface area contributed by atoms with Crippen LogP contribution in [0.25, 0.3) is 0 Å². The second-order valence-corrected chi connectivity index (χ2v) is 4.40. The number of hydrogen-bond acceptors (Lipinski definition) is 3. The molecule has 0 saturated carbocycles. The molecule has 5 nitrogen and oxygen atoms in total. The smallest absolute Gasteiger partial charge is 0.295 e. The Hall–Kier alpha value is -2.38. The van der Waals surface area contributed by atoms with Crippen molar-refractivity contribution in [1.82, 2.24) is 15.2 Å². The van der Waals surface area contributed by atoms with Gasteiger partial charge in [-0.3, -0.25) is 9.89 Å². The van der Waals surface area contributed by atoms with Gasteiger partial charge in [-0.15, -0.1) is 5.10 Å². The minimum Gasteiger partial charge on any atom is -0.316 e. The predicted molar refractivity (Wildman–Crippen MR) is 64.7 cm³/mol. The van der Waals surface area contributed by atoms with E-state index in [4.69, 9.17) is 0 Å². The number of amides is 1. The number of carbonyl (C=O) groups excluding carboxylic acids is 1. The van der Waals surface area contributed by atoms with Crippen LogP contribution in [-0.4, -0.2) is 21.1 Å². The SMILES string of the molecule is CC(C)c1nc(C(=O)Nc2cc(F)cc(F)c2F)n[nH]1. The average Bonchev–Trinajstić information content (AvgIpc) is 2.85. The van der Waals surface area contributed by atoms with Crippen molar-refractivity contribution < 1.29 is 18.0 Å². The van der Waals surface area contributed by atoms with Crippen LogP contribution in [-0.2, 0) is 0 Å². The number of benzene rings is 1. The van der Waals surface area contributed by atoms with Crippen molar-refractivity contribution in [2.45, 2.75) is 19.8 Å². The van der Waals surface area contributed by atoms with Crippen LogP contribution in [0.5, 0.6) is 0 Å². The van der Waals surface area contributed by atoms with Gasteiger partial charge in [0.2, 0.25) is 5.82 Å². The van der Waals surface area contributed by atoms with Crippen molar-refractivity contribution in [2.24, 2.45) is 0 Å². The number of hydrogen-bond donors (Lipinski definition) is 2. The van der Waals surface area contributed by atoms with Crippen LogP contribution in [0.3, 0.4) is 0 Å². The second-order valence-electron chi connectivity index (χ2n) is 4.40. The molecule has 0 unspecified atom stereocenters. The maximum Gasteiger partial charge on any atom is 0.295 e. The van der Waals surface area contributed by atoms with Crippen LogP contribution in [0.1, 0.15) is 36.2 Å². The Morgan fingerprint density at radius 3 is 2.60 bits per heavy atom. The Kier molecular flexibility index (Phi) is 3.73. The first-order valence-corrected chi connectivity index (χ1v) is 5.76. The van der Waals surface area contributed by atoms with E-state index in [1.807, 2.05) is 19.2 Å². The summed E-state index contributed by atoms with van der Waals surface area (Å²) < 4.78 is 39.4. The molecule has 1 aromatic heterocycles. The first kappa shape index (κ1) is 14.0. The van der Waals surface area contributed by atoms with E-state index in [0.717, 1.165) is 0 Å². The minimum absolute atomic E-state index is 0.0207. The van der Waals surface area contributed by atoms with Crippen LogP contribution in [0.2, 0.25) is 0 Å². The molecule has 2 rings (SSSR count). The highest BCUT2D eigenvalue weighted by Gasteiger charge is 2.18. The van der Waals surface area contributed by atoms with Crippen molar-refractivity contribution >= 4 is 11.6 Å². The Morgan fingerprint density at radius 2 is 2.00 bits per heavy atom. The zero-order chi connectivity index (χ0) is 14.9. The van der Waals surface area contributed by atoms with E-state index in [1.165, 1.54) is 0 Å². The molecule has 0 bridgehead atoms. The van der Waals surface area contributed by atoms with Gasteiger partial charge >= 0.3 is 0 Å². The van der Waals surface area contributed by atoms with Gasteiger partial charge in [0.25, 0.3) is 5.91 Å². The van der Waals surface area contributed by atoms with Gasteiger partial charge in [0.1, 0.15) is 11.6 Å². The van der Waals surface area contributed by atoms with Gasteiger partial charge in [0.15, 0.2) is 11.6 Å². The zero-order valence-corrected chi connectivity index (χ0v) is 10.7. The molecular weight excluding hydrogens is 273 g/mol. The maximum absolute atomic E-state index is 13.4. The molecule has 0 radical (unpaired) electrons. The van der Waals surface area contributed by atoms with E-state index in [-0.39, 0.29) is 11.7 Å². The number of nitrogens with zero attached hydrogens (tertiary/aromatic N) is 2. The molecule has 2 N–H and O–H groups in total.